The van der Waals surface area contributed by atoms with E-state index in [-0.39, 0.29) is 11.9 Å². The van der Waals surface area contributed by atoms with Crippen molar-refractivity contribution in [3.05, 3.63) is 77.9 Å². The highest BCUT2D eigenvalue weighted by atomic mass is 16.1. The molecule has 1 unspecified atom stereocenters. The van der Waals surface area contributed by atoms with E-state index in [0.29, 0.717) is 11.2 Å². The van der Waals surface area contributed by atoms with Crippen molar-refractivity contribution in [2.45, 2.75) is 19.4 Å². The Morgan fingerprint density at radius 1 is 1.00 bits per heavy atom. The van der Waals surface area contributed by atoms with Gasteiger partial charge in [-0.05, 0) is 37.6 Å². The smallest absolute Gasteiger partial charge is 0.251 e. The monoisotopic (exact) mass is 398 g/mol. The van der Waals surface area contributed by atoms with E-state index in [4.69, 9.17) is 5.10 Å². The summed E-state index contributed by atoms with van der Waals surface area (Å²) in [5.74, 6) is 1.54. The fraction of sp³-hybridized carbons (Fsp3) is 0.217. The number of nitrogens with zero attached hydrogens (tertiary/aromatic N) is 5. The lowest BCUT2D eigenvalue weighted by Crippen LogP contribution is -2.37. The second kappa shape index (κ2) is 7.59. The van der Waals surface area contributed by atoms with Crippen molar-refractivity contribution >= 4 is 17.4 Å². The van der Waals surface area contributed by atoms with E-state index in [9.17, 15) is 4.79 Å². The normalized spacial score (nSPS) is 16.2. The maximum Gasteiger partial charge on any atom is 0.251 e. The van der Waals surface area contributed by atoms with Crippen molar-refractivity contribution in [2.24, 2.45) is 0 Å². The fourth-order valence-corrected chi connectivity index (χ4v) is 3.77. The van der Waals surface area contributed by atoms with Crippen LogP contribution in [0, 0.1) is 6.92 Å². The molecule has 1 fully saturated rings. The quantitative estimate of drug-likeness (QED) is 0.572. The summed E-state index contributed by atoms with van der Waals surface area (Å²) in [6.45, 7) is 3.57. The first kappa shape index (κ1) is 18.3. The number of rotatable bonds is 4. The largest absolute Gasteiger partial charge is 0.353 e. The number of nitrogens with one attached hydrogen (secondary N) is 1. The molecule has 1 N–H and O–H groups in total. The van der Waals surface area contributed by atoms with Crippen LogP contribution in [0.1, 0.15) is 22.3 Å². The van der Waals surface area contributed by atoms with Gasteiger partial charge in [0.1, 0.15) is 5.82 Å². The van der Waals surface area contributed by atoms with Gasteiger partial charge in [-0.2, -0.15) is 4.52 Å². The van der Waals surface area contributed by atoms with Gasteiger partial charge in [-0.3, -0.25) is 4.79 Å². The summed E-state index contributed by atoms with van der Waals surface area (Å²) in [6, 6.07) is 21.5. The van der Waals surface area contributed by atoms with Crippen molar-refractivity contribution in [3.8, 4) is 11.4 Å². The van der Waals surface area contributed by atoms with Crippen LogP contribution < -0.4 is 10.2 Å². The van der Waals surface area contributed by atoms with Crippen molar-refractivity contribution in [3.63, 3.8) is 0 Å². The number of hydrogen-bond donors (Lipinski definition) is 1. The Balaban J connectivity index is 1.33. The number of fused-ring (bicyclic) bond motifs is 1. The van der Waals surface area contributed by atoms with Gasteiger partial charge in [0.15, 0.2) is 11.5 Å². The van der Waals surface area contributed by atoms with Gasteiger partial charge in [-0.1, -0.05) is 48.0 Å². The molecule has 7 nitrogen and oxygen atoms in total. The molecule has 0 radical (unpaired) electrons. The topological polar surface area (TPSA) is 75.4 Å². The average Bonchev–Trinajstić information content (AvgIpc) is 3.41. The van der Waals surface area contributed by atoms with Crippen LogP contribution in [0.25, 0.3) is 17.0 Å². The van der Waals surface area contributed by atoms with Crippen LogP contribution in [-0.2, 0) is 0 Å². The molecule has 30 heavy (non-hydrogen) atoms. The van der Waals surface area contributed by atoms with Crippen LogP contribution in [0.3, 0.4) is 0 Å². The van der Waals surface area contributed by atoms with E-state index in [1.165, 1.54) is 0 Å². The molecule has 7 heteroatoms. The molecule has 3 heterocycles. The van der Waals surface area contributed by atoms with E-state index >= 15 is 0 Å². The molecule has 0 aliphatic carbocycles. The molecule has 0 saturated carbocycles. The van der Waals surface area contributed by atoms with E-state index in [1.54, 1.807) is 4.52 Å². The fourth-order valence-electron chi connectivity index (χ4n) is 3.77. The van der Waals surface area contributed by atoms with Gasteiger partial charge >= 0.3 is 0 Å². The molecule has 1 aliphatic heterocycles. The third-order valence-corrected chi connectivity index (χ3v) is 5.44. The van der Waals surface area contributed by atoms with Crippen LogP contribution in [0.5, 0.6) is 0 Å². The van der Waals surface area contributed by atoms with Crippen LogP contribution in [-0.4, -0.2) is 44.8 Å². The van der Waals surface area contributed by atoms with Crippen LogP contribution in [0.2, 0.25) is 0 Å². The molecule has 0 spiro atoms. The third kappa shape index (κ3) is 3.50. The zero-order chi connectivity index (χ0) is 20.5. The van der Waals surface area contributed by atoms with Gasteiger partial charge in [0, 0.05) is 30.3 Å². The van der Waals surface area contributed by atoms with Crippen molar-refractivity contribution < 1.29 is 4.79 Å². The minimum absolute atomic E-state index is 0.0320. The average molecular weight is 398 g/mol. The lowest BCUT2D eigenvalue weighted by molar-refractivity contribution is 0.0940. The van der Waals surface area contributed by atoms with Crippen LogP contribution in [0.15, 0.2) is 66.7 Å². The highest BCUT2D eigenvalue weighted by Crippen LogP contribution is 2.22. The molecule has 1 aliphatic rings. The number of anilines is 1. The first-order valence-electron chi connectivity index (χ1n) is 10.1. The summed E-state index contributed by atoms with van der Waals surface area (Å²) in [4.78, 5) is 14.7. The summed E-state index contributed by atoms with van der Waals surface area (Å²) in [5.41, 5.74) is 3.51. The Morgan fingerprint density at radius 3 is 2.60 bits per heavy atom. The van der Waals surface area contributed by atoms with E-state index in [2.05, 4.69) is 20.4 Å². The number of aromatic nitrogens is 4. The van der Waals surface area contributed by atoms with Crippen molar-refractivity contribution in [1.82, 2.24) is 25.1 Å². The molecule has 5 rings (SSSR count). The summed E-state index contributed by atoms with van der Waals surface area (Å²) >= 11 is 0. The minimum Gasteiger partial charge on any atom is -0.353 e. The summed E-state index contributed by atoms with van der Waals surface area (Å²) in [6.07, 6.45) is 0.880. The zero-order valence-corrected chi connectivity index (χ0v) is 16.7. The molecule has 1 amide bonds. The van der Waals surface area contributed by atoms with E-state index in [0.717, 1.165) is 42.3 Å². The minimum atomic E-state index is -0.0320. The van der Waals surface area contributed by atoms with Gasteiger partial charge in [-0.25, -0.2) is 0 Å². The SMILES string of the molecule is Cc1ccc(C(=O)NC2CCN(c3ccc4nnc(-c5ccccc5)n4n3)C2)cc1. The number of carbonyl (C=O) groups is 1. The Kier molecular flexibility index (Phi) is 4.63. The zero-order valence-electron chi connectivity index (χ0n) is 16.7. The Labute approximate surface area is 174 Å². The molecule has 0 bridgehead atoms. The molecule has 2 aromatic carbocycles. The summed E-state index contributed by atoms with van der Waals surface area (Å²) < 4.78 is 1.78. The second-order valence-electron chi connectivity index (χ2n) is 7.62. The lowest BCUT2D eigenvalue weighted by Gasteiger charge is -2.18. The highest BCUT2D eigenvalue weighted by Gasteiger charge is 2.26. The first-order chi connectivity index (χ1) is 14.7. The summed E-state index contributed by atoms with van der Waals surface area (Å²) in [7, 11) is 0. The predicted molar refractivity (Wildman–Crippen MR) is 115 cm³/mol. The molecule has 1 atom stereocenters. The standard InChI is InChI=1S/C23H22N6O/c1-16-7-9-18(10-8-16)23(30)24-19-13-14-28(15-19)21-12-11-20-25-26-22(29(20)27-21)17-5-3-2-4-6-17/h2-12,19H,13-15H2,1H3,(H,24,30). The highest BCUT2D eigenvalue weighted by molar-refractivity contribution is 5.94. The van der Waals surface area contributed by atoms with Gasteiger partial charge in [0.25, 0.3) is 5.91 Å². The molecule has 4 aromatic rings. The Hall–Kier alpha value is -3.74. The van der Waals surface area contributed by atoms with Gasteiger partial charge in [0.2, 0.25) is 0 Å². The molecular formula is C23H22N6O. The molecule has 150 valence electrons. The van der Waals surface area contributed by atoms with Crippen LogP contribution >= 0.6 is 0 Å². The lowest BCUT2D eigenvalue weighted by atomic mass is 10.1. The van der Waals surface area contributed by atoms with Crippen LogP contribution in [0.4, 0.5) is 5.82 Å². The maximum absolute atomic E-state index is 12.5. The Morgan fingerprint density at radius 2 is 1.80 bits per heavy atom. The van der Waals surface area contributed by atoms with Crippen molar-refractivity contribution in [2.75, 3.05) is 18.0 Å². The maximum atomic E-state index is 12.5. The van der Waals surface area contributed by atoms with E-state index in [1.807, 2.05) is 73.7 Å². The second-order valence-corrected chi connectivity index (χ2v) is 7.62. The summed E-state index contributed by atoms with van der Waals surface area (Å²) in [5, 5.41) is 16.5. The van der Waals surface area contributed by atoms with Gasteiger partial charge in [-0.15, -0.1) is 15.3 Å². The molecule has 1 saturated heterocycles. The van der Waals surface area contributed by atoms with Gasteiger partial charge in [0.05, 0.1) is 0 Å². The first-order valence-corrected chi connectivity index (χ1v) is 10.1. The number of carbonyl (C=O) groups excluding carboxylic acids is 1. The predicted octanol–water partition coefficient (Wildman–Crippen LogP) is 3.11. The number of benzene rings is 2. The molecular weight excluding hydrogens is 376 g/mol. The van der Waals surface area contributed by atoms with Gasteiger partial charge < -0.3 is 10.2 Å². The number of aryl methyl sites for hydroxylation is 1. The number of amides is 1. The van der Waals surface area contributed by atoms with E-state index < -0.39 is 0 Å². The third-order valence-electron chi connectivity index (χ3n) is 5.44. The molecule has 2 aromatic heterocycles. The van der Waals surface area contributed by atoms with Crippen molar-refractivity contribution in [1.29, 1.82) is 0 Å². The number of hydrogen-bond acceptors (Lipinski definition) is 5. The Bertz CT molecular complexity index is 1190.